The highest BCUT2D eigenvalue weighted by atomic mass is 35.5. The zero-order chi connectivity index (χ0) is 16.1. The van der Waals surface area contributed by atoms with Crippen LogP contribution in [-0.4, -0.2) is 29.3 Å². The SMILES string of the molecule is CN(CC(=O)Nc1ccc(Cl)cc1[N+](=O)[O-])Cc1ccco1. The van der Waals surface area contributed by atoms with E-state index in [1.807, 2.05) is 0 Å². The Labute approximate surface area is 131 Å². The molecule has 0 bridgehead atoms. The molecule has 1 heterocycles. The molecule has 8 heteroatoms. The van der Waals surface area contributed by atoms with E-state index in [9.17, 15) is 14.9 Å². The minimum absolute atomic E-state index is 0.0699. The van der Waals surface area contributed by atoms with Gasteiger partial charge in [0, 0.05) is 11.1 Å². The van der Waals surface area contributed by atoms with Crippen molar-refractivity contribution in [2.75, 3.05) is 18.9 Å². The van der Waals surface area contributed by atoms with Gasteiger partial charge in [-0.25, -0.2) is 0 Å². The van der Waals surface area contributed by atoms with Crippen molar-refractivity contribution >= 4 is 28.9 Å². The van der Waals surface area contributed by atoms with Gasteiger partial charge >= 0.3 is 0 Å². The van der Waals surface area contributed by atoms with Gasteiger partial charge in [-0.3, -0.25) is 19.8 Å². The van der Waals surface area contributed by atoms with E-state index in [1.54, 1.807) is 30.3 Å². The number of carbonyl (C=O) groups excluding carboxylic acids is 1. The van der Waals surface area contributed by atoms with Gasteiger partial charge < -0.3 is 9.73 Å². The Morgan fingerprint density at radius 2 is 2.23 bits per heavy atom. The van der Waals surface area contributed by atoms with Crippen LogP contribution in [0.15, 0.2) is 41.0 Å². The molecule has 1 aromatic heterocycles. The van der Waals surface area contributed by atoms with Crippen LogP contribution in [0.2, 0.25) is 5.02 Å². The predicted octanol–water partition coefficient (Wildman–Crippen LogP) is 2.91. The number of hydrogen-bond donors (Lipinski definition) is 1. The van der Waals surface area contributed by atoms with E-state index in [2.05, 4.69) is 5.32 Å². The third kappa shape index (κ3) is 4.31. The Kier molecular flexibility index (Phi) is 5.13. The van der Waals surface area contributed by atoms with Gasteiger partial charge in [0.2, 0.25) is 5.91 Å². The Morgan fingerprint density at radius 1 is 1.45 bits per heavy atom. The molecule has 2 rings (SSSR count). The van der Waals surface area contributed by atoms with Crippen LogP contribution in [-0.2, 0) is 11.3 Å². The maximum atomic E-state index is 12.0. The van der Waals surface area contributed by atoms with Crippen LogP contribution in [0, 0.1) is 10.1 Å². The summed E-state index contributed by atoms with van der Waals surface area (Å²) < 4.78 is 5.19. The Balaban J connectivity index is 1.98. The first-order valence-corrected chi connectivity index (χ1v) is 6.78. The number of nitro benzene ring substituents is 1. The number of nitrogens with one attached hydrogen (secondary N) is 1. The molecule has 0 spiro atoms. The van der Waals surface area contributed by atoms with E-state index in [1.165, 1.54) is 18.2 Å². The van der Waals surface area contributed by atoms with Gasteiger partial charge in [0.05, 0.1) is 24.3 Å². The second kappa shape index (κ2) is 7.06. The number of amides is 1. The number of rotatable bonds is 6. The molecule has 0 aliphatic rings. The third-order valence-corrected chi connectivity index (χ3v) is 3.09. The lowest BCUT2D eigenvalue weighted by Crippen LogP contribution is -2.29. The summed E-state index contributed by atoms with van der Waals surface area (Å²) in [6.45, 7) is 0.531. The summed E-state index contributed by atoms with van der Waals surface area (Å²) in [5.74, 6) is 0.368. The molecule has 0 aliphatic carbocycles. The highest BCUT2D eigenvalue weighted by Crippen LogP contribution is 2.27. The van der Waals surface area contributed by atoms with Gasteiger partial charge in [0.15, 0.2) is 0 Å². The van der Waals surface area contributed by atoms with Crippen LogP contribution in [0.5, 0.6) is 0 Å². The van der Waals surface area contributed by atoms with E-state index in [0.29, 0.717) is 6.54 Å². The zero-order valence-corrected chi connectivity index (χ0v) is 12.5. The lowest BCUT2D eigenvalue weighted by molar-refractivity contribution is -0.383. The molecule has 1 N–H and O–H groups in total. The fourth-order valence-corrected chi connectivity index (χ4v) is 2.09. The lowest BCUT2D eigenvalue weighted by Gasteiger charge is -2.14. The van der Waals surface area contributed by atoms with Crippen molar-refractivity contribution in [3.63, 3.8) is 0 Å². The number of likely N-dealkylation sites (N-methyl/N-ethyl adjacent to an activating group) is 1. The number of anilines is 1. The number of furan rings is 1. The molecule has 0 saturated carbocycles. The van der Waals surface area contributed by atoms with E-state index in [-0.39, 0.29) is 28.8 Å². The molecule has 0 radical (unpaired) electrons. The molecule has 7 nitrogen and oxygen atoms in total. The van der Waals surface area contributed by atoms with Crippen molar-refractivity contribution < 1.29 is 14.1 Å². The number of hydrogen-bond acceptors (Lipinski definition) is 5. The quantitative estimate of drug-likeness (QED) is 0.652. The van der Waals surface area contributed by atoms with Crippen LogP contribution in [0.3, 0.4) is 0 Å². The normalized spacial score (nSPS) is 10.7. The number of benzene rings is 1. The van der Waals surface area contributed by atoms with Crippen molar-refractivity contribution in [3.05, 3.63) is 57.5 Å². The number of nitrogens with zero attached hydrogens (tertiary/aromatic N) is 2. The van der Waals surface area contributed by atoms with Crippen LogP contribution in [0.4, 0.5) is 11.4 Å². The summed E-state index contributed by atoms with van der Waals surface area (Å²) in [7, 11) is 1.75. The van der Waals surface area contributed by atoms with Gasteiger partial charge in [-0.1, -0.05) is 11.6 Å². The second-order valence-corrected chi connectivity index (χ2v) is 5.15. The van der Waals surface area contributed by atoms with Gasteiger partial charge in [-0.15, -0.1) is 0 Å². The molecule has 0 atom stereocenters. The van der Waals surface area contributed by atoms with E-state index in [0.717, 1.165) is 5.76 Å². The minimum atomic E-state index is -0.589. The van der Waals surface area contributed by atoms with Crippen molar-refractivity contribution in [3.8, 4) is 0 Å². The molecule has 116 valence electrons. The molecular weight excluding hydrogens is 310 g/mol. The molecule has 0 fully saturated rings. The summed E-state index contributed by atoms with van der Waals surface area (Å²) in [5.41, 5.74) is -0.125. The van der Waals surface area contributed by atoms with Gasteiger partial charge in [-0.05, 0) is 31.3 Å². The highest BCUT2D eigenvalue weighted by molar-refractivity contribution is 6.31. The van der Waals surface area contributed by atoms with Crippen LogP contribution in [0.25, 0.3) is 0 Å². The average molecular weight is 324 g/mol. The van der Waals surface area contributed by atoms with E-state index < -0.39 is 4.92 Å². The van der Waals surface area contributed by atoms with Crippen molar-refractivity contribution in [1.82, 2.24) is 4.90 Å². The third-order valence-electron chi connectivity index (χ3n) is 2.85. The maximum Gasteiger partial charge on any atom is 0.294 e. The summed E-state index contributed by atoms with van der Waals surface area (Å²) in [6, 6.07) is 7.66. The summed E-state index contributed by atoms with van der Waals surface area (Å²) in [6.07, 6.45) is 1.56. The number of halogens is 1. The van der Waals surface area contributed by atoms with Crippen LogP contribution >= 0.6 is 11.6 Å². The monoisotopic (exact) mass is 323 g/mol. The standard InChI is InChI=1S/C14H14ClN3O4/c1-17(8-11-3-2-6-22-11)9-14(19)16-12-5-4-10(15)7-13(12)18(20)21/h2-7H,8-9H2,1H3,(H,16,19). The Bertz CT molecular complexity index is 673. The Morgan fingerprint density at radius 3 is 2.86 bits per heavy atom. The molecule has 22 heavy (non-hydrogen) atoms. The van der Waals surface area contributed by atoms with Gasteiger partial charge in [0.1, 0.15) is 11.4 Å². The highest BCUT2D eigenvalue weighted by Gasteiger charge is 2.17. The molecule has 0 aliphatic heterocycles. The van der Waals surface area contributed by atoms with Gasteiger partial charge in [-0.2, -0.15) is 0 Å². The zero-order valence-electron chi connectivity index (χ0n) is 11.8. The molecule has 2 aromatic rings. The first-order chi connectivity index (χ1) is 10.5. The largest absolute Gasteiger partial charge is 0.468 e. The number of nitro groups is 1. The summed E-state index contributed by atoms with van der Waals surface area (Å²) in [5, 5.41) is 13.7. The first kappa shape index (κ1) is 16.0. The van der Waals surface area contributed by atoms with Crippen molar-refractivity contribution in [1.29, 1.82) is 0 Å². The van der Waals surface area contributed by atoms with Crippen molar-refractivity contribution in [2.45, 2.75) is 6.54 Å². The van der Waals surface area contributed by atoms with E-state index in [4.69, 9.17) is 16.0 Å². The number of carbonyl (C=O) groups is 1. The summed E-state index contributed by atoms with van der Waals surface area (Å²) >= 11 is 5.73. The molecule has 0 unspecified atom stereocenters. The molecule has 1 amide bonds. The molecular formula is C14H14ClN3O4. The predicted molar refractivity (Wildman–Crippen MR) is 81.8 cm³/mol. The fourth-order valence-electron chi connectivity index (χ4n) is 1.92. The van der Waals surface area contributed by atoms with Crippen LogP contribution < -0.4 is 5.32 Å². The van der Waals surface area contributed by atoms with Gasteiger partial charge in [0.25, 0.3) is 5.69 Å². The Hall–Kier alpha value is -2.38. The second-order valence-electron chi connectivity index (χ2n) is 4.72. The van der Waals surface area contributed by atoms with Crippen molar-refractivity contribution in [2.24, 2.45) is 0 Å². The van der Waals surface area contributed by atoms with E-state index >= 15 is 0 Å². The first-order valence-electron chi connectivity index (χ1n) is 6.40. The van der Waals surface area contributed by atoms with Crippen LogP contribution in [0.1, 0.15) is 5.76 Å². The topological polar surface area (TPSA) is 88.6 Å². The average Bonchev–Trinajstić information content (AvgIpc) is 2.93. The maximum absolute atomic E-state index is 12.0. The summed E-state index contributed by atoms with van der Waals surface area (Å²) in [4.78, 5) is 24.1. The molecule has 1 aromatic carbocycles. The fraction of sp³-hybridized carbons (Fsp3) is 0.214. The minimum Gasteiger partial charge on any atom is -0.468 e. The smallest absolute Gasteiger partial charge is 0.294 e. The lowest BCUT2D eigenvalue weighted by atomic mass is 10.2. The molecule has 0 saturated heterocycles.